The van der Waals surface area contributed by atoms with Crippen molar-refractivity contribution in [3.05, 3.63) is 11.4 Å². The highest BCUT2D eigenvalue weighted by Crippen LogP contribution is 2.14. The van der Waals surface area contributed by atoms with Crippen LogP contribution in [0.3, 0.4) is 0 Å². The van der Waals surface area contributed by atoms with Gasteiger partial charge in [-0.1, -0.05) is 0 Å². The van der Waals surface area contributed by atoms with Gasteiger partial charge in [-0.25, -0.2) is 4.98 Å². The minimum absolute atomic E-state index is 0.00549. The number of nitrogens with zero attached hydrogens (tertiary/aromatic N) is 3. The predicted octanol–water partition coefficient (Wildman–Crippen LogP) is -0.195. The van der Waals surface area contributed by atoms with Crippen molar-refractivity contribution in [1.29, 1.82) is 0 Å². The van der Waals surface area contributed by atoms with Gasteiger partial charge in [-0.15, -0.1) is 5.10 Å². The molecular formula is C11H17N5O2. The van der Waals surface area contributed by atoms with Crippen LogP contribution in [0.15, 0.2) is 0 Å². The van der Waals surface area contributed by atoms with E-state index < -0.39 is 0 Å². The van der Waals surface area contributed by atoms with Gasteiger partial charge in [0.1, 0.15) is 6.61 Å². The van der Waals surface area contributed by atoms with E-state index in [9.17, 15) is 4.79 Å². The second kappa shape index (κ2) is 4.95. The van der Waals surface area contributed by atoms with Crippen LogP contribution in [0.1, 0.15) is 18.3 Å². The molecular weight excluding hydrogens is 234 g/mol. The molecule has 0 radical (unpaired) electrons. The molecule has 0 unspecified atom stereocenters. The first-order valence-corrected chi connectivity index (χ1v) is 5.81. The lowest BCUT2D eigenvalue weighted by atomic mass is 10.0. The molecule has 7 heteroatoms. The van der Waals surface area contributed by atoms with Gasteiger partial charge < -0.3 is 10.1 Å². The summed E-state index contributed by atoms with van der Waals surface area (Å²) in [6.07, 6.45) is 0. The summed E-state index contributed by atoms with van der Waals surface area (Å²) < 4.78 is 5.50. The Morgan fingerprint density at radius 2 is 2.11 bits per heavy atom. The van der Waals surface area contributed by atoms with Crippen LogP contribution in [0.25, 0.3) is 0 Å². The molecule has 0 spiro atoms. The maximum Gasteiger partial charge on any atom is 0.252 e. The lowest BCUT2D eigenvalue weighted by Crippen LogP contribution is -2.59. The Hall–Kier alpha value is -1.60. The van der Waals surface area contributed by atoms with Gasteiger partial charge in [0.15, 0.2) is 0 Å². The van der Waals surface area contributed by atoms with Crippen molar-refractivity contribution in [3.63, 3.8) is 0 Å². The number of carbonyl (C=O) groups is 1. The number of carbonyl (C=O) groups excluding carboxylic acids is 1. The van der Waals surface area contributed by atoms with Crippen molar-refractivity contribution >= 4 is 11.9 Å². The number of anilines is 1. The molecule has 2 rings (SSSR count). The van der Waals surface area contributed by atoms with E-state index in [1.165, 1.54) is 0 Å². The van der Waals surface area contributed by atoms with Crippen LogP contribution < -0.4 is 10.6 Å². The molecule has 1 aliphatic heterocycles. The van der Waals surface area contributed by atoms with Gasteiger partial charge in [0.25, 0.3) is 5.91 Å². The summed E-state index contributed by atoms with van der Waals surface area (Å²) in [6, 6.07) is 0. The zero-order valence-corrected chi connectivity index (χ0v) is 10.8. The summed E-state index contributed by atoms with van der Waals surface area (Å²) in [7, 11) is 0. The Bertz CT molecular complexity index is 459. The van der Waals surface area contributed by atoms with Gasteiger partial charge in [0.05, 0.1) is 17.0 Å². The van der Waals surface area contributed by atoms with E-state index in [1.807, 2.05) is 20.8 Å². The first-order valence-electron chi connectivity index (χ1n) is 5.81. The Morgan fingerprint density at radius 1 is 1.39 bits per heavy atom. The third kappa shape index (κ3) is 2.99. The van der Waals surface area contributed by atoms with Gasteiger partial charge in [0, 0.05) is 13.1 Å². The monoisotopic (exact) mass is 251 g/mol. The van der Waals surface area contributed by atoms with Gasteiger partial charge in [-0.05, 0) is 20.8 Å². The van der Waals surface area contributed by atoms with Crippen LogP contribution in [-0.4, -0.2) is 46.4 Å². The van der Waals surface area contributed by atoms with E-state index in [0.717, 1.165) is 24.5 Å². The molecule has 0 bridgehead atoms. The Labute approximate surface area is 105 Å². The van der Waals surface area contributed by atoms with Crippen molar-refractivity contribution in [3.8, 4) is 0 Å². The second-order valence-electron chi connectivity index (χ2n) is 4.70. The predicted molar refractivity (Wildman–Crippen MR) is 65.2 cm³/mol. The zero-order valence-electron chi connectivity index (χ0n) is 10.8. The number of aryl methyl sites for hydroxylation is 2. The van der Waals surface area contributed by atoms with E-state index >= 15 is 0 Å². The van der Waals surface area contributed by atoms with Gasteiger partial charge in [0.2, 0.25) is 5.95 Å². The molecule has 0 aromatic carbocycles. The number of hydrogen-bond donors (Lipinski definition) is 2. The van der Waals surface area contributed by atoms with Crippen LogP contribution in [0.5, 0.6) is 0 Å². The average molecular weight is 251 g/mol. The minimum Gasteiger partial charge on any atom is -0.363 e. The Kier molecular flexibility index (Phi) is 3.53. The van der Waals surface area contributed by atoms with E-state index in [4.69, 9.17) is 4.74 Å². The molecule has 1 amide bonds. The van der Waals surface area contributed by atoms with Crippen molar-refractivity contribution < 1.29 is 9.53 Å². The highest BCUT2D eigenvalue weighted by atomic mass is 16.5. The largest absolute Gasteiger partial charge is 0.363 e. The second-order valence-corrected chi connectivity index (χ2v) is 4.70. The van der Waals surface area contributed by atoms with Crippen molar-refractivity contribution in [1.82, 2.24) is 20.5 Å². The van der Waals surface area contributed by atoms with Crippen LogP contribution in [0.4, 0.5) is 5.95 Å². The number of nitrogens with one attached hydrogen (secondary N) is 2. The highest BCUT2D eigenvalue weighted by molar-refractivity contribution is 5.89. The minimum atomic E-state index is -0.270. The topological polar surface area (TPSA) is 89.0 Å². The number of rotatable bonds is 4. The maximum absolute atomic E-state index is 11.6. The lowest BCUT2D eigenvalue weighted by molar-refractivity contribution is -0.130. The van der Waals surface area contributed by atoms with Gasteiger partial charge >= 0.3 is 0 Å². The van der Waals surface area contributed by atoms with E-state index in [0.29, 0.717) is 0 Å². The molecule has 98 valence electrons. The van der Waals surface area contributed by atoms with Crippen LogP contribution in [0.2, 0.25) is 0 Å². The number of aromatic nitrogens is 3. The van der Waals surface area contributed by atoms with Crippen LogP contribution in [0, 0.1) is 13.8 Å². The zero-order chi connectivity index (χ0) is 13.2. The first kappa shape index (κ1) is 12.8. The van der Waals surface area contributed by atoms with Crippen LogP contribution in [-0.2, 0) is 9.53 Å². The molecule has 1 fully saturated rings. The average Bonchev–Trinajstić information content (AvgIpc) is 2.29. The molecule has 2 N–H and O–H groups in total. The summed E-state index contributed by atoms with van der Waals surface area (Å²) in [5.74, 6) is -0.0586. The number of amides is 1. The molecule has 1 aliphatic rings. The third-order valence-electron chi connectivity index (χ3n) is 2.89. The molecule has 0 aliphatic carbocycles. The van der Waals surface area contributed by atoms with Crippen molar-refractivity contribution in [2.24, 2.45) is 0 Å². The summed E-state index contributed by atoms with van der Waals surface area (Å²) in [6.45, 7) is 7.12. The smallest absolute Gasteiger partial charge is 0.252 e. The van der Waals surface area contributed by atoms with Crippen LogP contribution >= 0.6 is 0 Å². The van der Waals surface area contributed by atoms with Gasteiger partial charge in [-0.2, -0.15) is 5.10 Å². The summed E-state index contributed by atoms with van der Waals surface area (Å²) in [5, 5.41) is 13.3. The fraction of sp³-hybridized carbons (Fsp3) is 0.636. The molecule has 2 heterocycles. The van der Waals surface area contributed by atoms with Crippen molar-refractivity contribution in [2.75, 3.05) is 25.0 Å². The molecule has 1 aromatic heterocycles. The number of hydrogen-bond acceptors (Lipinski definition) is 6. The quantitative estimate of drug-likeness (QED) is 0.770. The fourth-order valence-corrected chi connectivity index (χ4v) is 1.49. The summed E-state index contributed by atoms with van der Waals surface area (Å²) in [4.78, 5) is 15.7. The fourth-order valence-electron chi connectivity index (χ4n) is 1.49. The van der Waals surface area contributed by atoms with E-state index in [-0.39, 0.29) is 24.1 Å². The molecule has 1 aromatic rings. The summed E-state index contributed by atoms with van der Waals surface area (Å²) >= 11 is 0. The standard InChI is InChI=1S/C11H17N5O2/c1-7-8(2)15-16-10(13-7)14-9(17)4-18-11(3)5-12-6-11/h12H,4-6H2,1-3H3,(H,13,14,16,17). The normalized spacial score (nSPS) is 17.1. The molecule has 1 saturated heterocycles. The summed E-state index contributed by atoms with van der Waals surface area (Å²) in [5.41, 5.74) is 1.26. The van der Waals surface area contributed by atoms with E-state index in [1.54, 1.807) is 0 Å². The molecule has 18 heavy (non-hydrogen) atoms. The lowest BCUT2D eigenvalue weighted by Gasteiger charge is -2.38. The maximum atomic E-state index is 11.6. The molecule has 0 saturated carbocycles. The first-order chi connectivity index (χ1) is 8.48. The molecule has 0 atom stereocenters. The molecule has 7 nitrogen and oxygen atoms in total. The SMILES string of the molecule is Cc1nnc(NC(=O)COC2(C)CNC2)nc1C. The third-order valence-corrected chi connectivity index (χ3v) is 2.89. The Balaban J connectivity index is 1.85. The van der Waals surface area contributed by atoms with Crippen molar-refractivity contribution in [2.45, 2.75) is 26.4 Å². The highest BCUT2D eigenvalue weighted by Gasteiger charge is 2.33. The van der Waals surface area contributed by atoms with Gasteiger partial charge in [-0.3, -0.25) is 10.1 Å². The number of ether oxygens (including phenoxy) is 1. The van der Waals surface area contributed by atoms with E-state index in [2.05, 4.69) is 25.8 Å². The Morgan fingerprint density at radius 3 is 2.67 bits per heavy atom.